The number of carbonyl (C=O) groups is 2. The van der Waals surface area contributed by atoms with Gasteiger partial charge in [-0.1, -0.05) is 80.6 Å². The molecule has 1 saturated heterocycles. The van der Waals surface area contributed by atoms with Gasteiger partial charge in [-0.3, -0.25) is 9.88 Å². The van der Waals surface area contributed by atoms with E-state index in [1.54, 1.807) is 30.5 Å². The van der Waals surface area contributed by atoms with Gasteiger partial charge in [0.05, 0.1) is 11.1 Å². The summed E-state index contributed by atoms with van der Waals surface area (Å²) in [4.78, 5) is 28.8. The molecule has 45 heavy (non-hydrogen) atoms. The maximum Gasteiger partial charge on any atom is 0.335 e. The molecule has 2 aliphatic rings. The van der Waals surface area contributed by atoms with Crippen molar-refractivity contribution in [3.05, 3.63) is 132 Å². The van der Waals surface area contributed by atoms with Crippen LogP contribution in [-0.2, 0) is 12.8 Å². The molecule has 1 aromatic heterocycles. The summed E-state index contributed by atoms with van der Waals surface area (Å²) in [5, 5.41) is 17.9. The van der Waals surface area contributed by atoms with Crippen molar-refractivity contribution >= 4 is 50.1 Å². The summed E-state index contributed by atoms with van der Waals surface area (Å²) in [5.74, 6) is -0.496. The number of benzene rings is 5. The van der Waals surface area contributed by atoms with Crippen molar-refractivity contribution in [2.24, 2.45) is 5.41 Å². The van der Waals surface area contributed by atoms with Crippen molar-refractivity contribution < 1.29 is 14.7 Å². The number of fused-ring (bicyclic) bond motifs is 6. The minimum absolute atomic E-state index is 0.00842. The van der Waals surface area contributed by atoms with Gasteiger partial charge in [-0.05, 0) is 98.8 Å². The zero-order valence-corrected chi connectivity index (χ0v) is 25.5. The molecule has 6 nitrogen and oxygen atoms in total. The van der Waals surface area contributed by atoms with Gasteiger partial charge < -0.3 is 10.4 Å². The quantitative estimate of drug-likeness (QED) is 0.202. The first kappa shape index (κ1) is 28.5. The number of anilines is 1. The second-order valence-corrected chi connectivity index (χ2v) is 12.7. The van der Waals surface area contributed by atoms with Gasteiger partial charge in [0.25, 0.3) is 0 Å². The highest BCUT2D eigenvalue weighted by atomic mass is 16.4. The predicted octanol–water partition coefficient (Wildman–Crippen LogP) is 8.36. The van der Waals surface area contributed by atoms with Crippen molar-refractivity contribution in [2.75, 3.05) is 18.0 Å². The number of carbonyl (C=O) groups excluding carboxylic acids is 1. The third-order valence-corrected chi connectivity index (χ3v) is 9.43. The first-order valence-corrected chi connectivity index (χ1v) is 15.4. The van der Waals surface area contributed by atoms with Gasteiger partial charge in [-0.2, -0.15) is 0 Å². The van der Waals surface area contributed by atoms with Crippen LogP contribution in [0.2, 0.25) is 0 Å². The highest BCUT2D eigenvalue weighted by Gasteiger charge is 2.37. The van der Waals surface area contributed by atoms with E-state index < -0.39 is 5.97 Å². The molecule has 1 aliphatic heterocycles. The Hall–Kier alpha value is -5.23. The topological polar surface area (TPSA) is 82.5 Å². The molecule has 0 spiro atoms. The maximum absolute atomic E-state index is 12.2. The zero-order chi connectivity index (χ0) is 31.1. The van der Waals surface area contributed by atoms with E-state index in [1.807, 2.05) is 11.0 Å². The first-order valence-electron chi connectivity index (χ1n) is 15.4. The molecule has 1 aliphatic carbocycles. The predicted molar refractivity (Wildman–Crippen MR) is 181 cm³/mol. The molecule has 5 aromatic carbocycles. The van der Waals surface area contributed by atoms with E-state index in [2.05, 4.69) is 96.9 Å². The summed E-state index contributed by atoms with van der Waals surface area (Å²) in [7, 11) is 0. The van der Waals surface area contributed by atoms with Gasteiger partial charge in [0.1, 0.15) is 0 Å². The SMILES string of the molecule is CC1(C)Cc2c(ccc3c2ccc2ccccc23)CC1c1cccc(N2CCNC2=O)c1.O=C(O)c1ccc2ncccc2c1. The molecule has 2 amide bonds. The number of hydrogen-bond acceptors (Lipinski definition) is 3. The molecule has 2 heterocycles. The Morgan fingerprint density at radius 2 is 1.69 bits per heavy atom. The minimum atomic E-state index is -0.911. The lowest BCUT2D eigenvalue weighted by Crippen LogP contribution is -2.32. The number of amides is 2. The van der Waals surface area contributed by atoms with Crippen LogP contribution in [-0.4, -0.2) is 35.2 Å². The Balaban J connectivity index is 0.000000209. The summed E-state index contributed by atoms with van der Waals surface area (Å²) in [5.41, 5.74) is 6.53. The van der Waals surface area contributed by atoms with E-state index in [1.165, 1.54) is 38.2 Å². The Morgan fingerprint density at radius 3 is 2.51 bits per heavy atom. The minimum Gasteiger partial charge on any atom is -0.478 e. The summed E-state index contributed by atoms with van der Waals surface area (Å²) in [6, 6.07) is 35.1. The van der Waals surface area contributed by atoms with E-state index in [0.717, 1.165) is 36.0 Å². The molecule has 6 heteroatoms. The number of hydrogen-bond donors (Lipinski definition) is 2. The fourth-order valence-corrected chi connectivity index (χ4v) is 7.08. The average molecular weight is 594 g/mol. The second-order valence-electron chi connectivity index (χ2n) is 12.7. The standard InChI is InChI=1S/C29H28N2O.C10H7NO2/c1-29(2)18-26-20(11-13-24-23-9-4-3-6-19(23)10-12-25(24)26)17-27(29)21-7-5-8-22(16-21)31-15-14-30-28(31)32;12-10(13)8-3-4-9-7(6-8)2-1-5-11-9/h3-13,16,27H,14-15,17-18H2,1-2H3,(H,30,32);1-6H,(H,12,13). The number of pyridine rings is 1. The van der Waals surface area contributed by atoms with Crippen molar-refractivity contribution in [1.29, 1.82) is 0 Å². The first-order chi connectivity index (χ1) is 21.8. The third-order valence-electron chi connectivity index (χ3n) is 9.43. The average Bonchev–Trinajstić information content (AvgIpc) is 3.49. The van der Waals surface area contributed by atoms with Gasteiger partial charge in [-0.25, -0.2) is 9.59 Å². The molecule has 1 fully saturated rings. The largest absolute Gasteiger partial charge is 0.478 e. The van der Waals surface area contributed by atoms with Gasteiger partial charge in [0, 0.05) is 30.4 Å². The summed E-state index contributed by atoms with van der Waals surface area (Å²) in [6.45, 7) is 6.25. The van der Waals surface area contributed by atoms with Gasteiger partial charge >= 0.3 is 12.0 Å². The van der Waals surface area contributed by atoms with Crippen molar-refractivity contribution in [3.8, 4) is 0 Å². The Kier molecular flexibility index (Phi) is 7.20. The monoisotopic (exact) mass is 593 g/mol. The van der Waals surface area contributed by atoms with Crippen LogP contribution >= 0.6 is 0 Å². The summed E-state index contributed by atoms with van der Waals surface area (Å²) < 4.78 is 0. The highest BCUT2D eigenvalue weighted by molar-refractivity contribution is 6.08. The number of aromatic nitrogens is 1. The number of nitrogens with one attached hydrogen (secondary N) is 1. The summed E-state index contributed by atoms with van der Waals surface area (Å²) >= 11 is 0. The lowest BCUT2D eigenvalue weighted by atomic mass is 9.63. The van der Waals surface area contributed by atoms with Crippen LogP contribution < -0.4 is 10.2 Å². The van der Waals surface area contributed by atoms with Crippen LogP contribution in [0.1, 0.15) is 46.8 Å². The van der Waals surface area contributed by atoms with Crippen LogP contribution in [0.3, 0.4) is 0 Å². The van der Waals surface area contributed by atoms with Crippen LogP contribution in [0, 0.1) is 5.41 Å². The molecule has 0 radical (unpaired) electrons. The number of carboxylic acid groups (broad SMARTS) is 1. The Labute approximate surface area is 262 Å². The van der Waals surface area contributed by atoms with Crippen LogP contribution in [0.4, 0.5) is 10.5 Å². The number of carboxylic acids is 1. The van der Waals surface area contributed by atoms with E-state index in [-0.39, 0.29) is 11.4 Å². The molecular formula is C39H35N3O3. The molecule has 6 aromatic rings. The summed E-state index contributed by atoms with van der Waals surface area (Å²) in [6.07, 6.45) is 3.76. The van der Waals surface area contributed by atoms with Crippen molar-refractivity contribution in [3.63, 3.8) is 0 Å². The molecule has 8 rings (SSSR count). The van der Waals surface area contributed by atoms with E-state index in [9.17, 15) is 9.59 Å². The van der Waals surface area contributed by atoms with Gasteiger partial charge in [0.15, 0.2) is 0 Å². The Morgan fingerprint density at radius 1 is 0.867 bits per heavy atom. The van der Waals surface area contributed by atoms with Crippen LogP contribution in [0.5, 0.6) is 0 Å². The molecule has 0 saturated carbocycles. The number of rotatable bonds is 3. The van der Waals surface area contributed by atoms with Gasteiger partial charge in [-0.15, -0.1) is 0 Å². The Bertz CT molecular complexity index is 2100. The van der Waals surface area contributed by atoms with E-state index in [0.29, 0.717) is 18.0 Å². The second kappa shape index (κ2) is 11.4. The molecule has 2 N–H and O–H groups in total. The van der Waals surface area contributed by atoms with Gasteiger partial charge in [0.2, 0.25) is 0 Å². The van der Waals surface area contributed by atoms with Crippen LogP contribution in [0.15, 0.2) is 109 Å². The lowest BCUT2D eigenvalue weighted by molar-refractivity contribution is 0.0697. The van der Waals surface area contributed by atoms with Crippen molar-refractivity contribution in [2.45, 2.75) is 32.6 Å². The molecule has 1 atom stereocenters. The highest BCUT2D eigenvalue weighted by Crippen LogP contribution is 2.48. The molecule has 0 bridgehead atoms. The van der Waals surface area contributed by atoms with E-state index in [4.69, 9.17) is 5.11 Å². The molecule has 1 unspecified atom stereocenters. The number of nitrogens with zero attached hydrogens (tertiary/aromatic N) is 2. The van der Waals surface area contributed by atoms with E-state index >= 15 is 0 Å². The zero-order valence-electron chi connectivity index (χ0n) is 25.5. The van der Waals surface area contributed by atoms with Crippen molar-refractivity contribution in [1.82, 2.24) is 10.3 Å². The molecular weight excluding hydrogens is 558 g/mol. The number of aromatic carboxylic acids is 1. The molecule has 224 valence electrons. The fraction of sp³-hybridized carbons (Fsp3) is 0.205. The maximum atomic E-state index is 12.2. The number of urea groups is 1. The normalized spacial score (nSPS) is 17.1. The fourth-order valence-electron chi connectivity index (χ4n) is 7.08. The third kappa shape index (κ3) is 5.37. The lowest BCUT2D eigenvalue weighted by Gasteiger charge is -2.41. The van der Waals surface area contributed by atoms with Crippen LogP contribution in [0.25, 0.3) is 32.4 Å². The smallest absolute Gasteiger partial charge is 0.335 e.